The third kappa shape index (κ3) is 6.49. The van der Waals surface area contributed by atoms with Gasteiger partial charge in [0.15, 0.2) is 0 Å². The average Bonchev–Trinajstić information content (AvgIpc) is 3.66. The van der Waals surface area contributed by atoms with Crippen molar-refractivity contribution in [2.75, 3.05) is 0 Å². The molecule has 0 radical (unpaired) electrons. The molecule has 0 amide bonds. The van der Waals surface area contributed by atoms with Gasteiger partial charge in [0.2, 0.25) is 0 Å². The number of hydrogen-bond acceptors (Lipinski definition) is 0. The molecule has 268 valence electrons. The first-order chi connectivity index (χ1) is 22.1. The van der Waals surface area contributed by atoms with Crippen LogP contribution in [-0.4, -0.2) is 3.21 Å². The van der Waals surface area contributed by atoms with E-state index in [0.29, 0.717) is 9.54 Å². The topological polar surface area (TPSA) is 0 Å². The van der Waals surface area contributed by atoms with Crippen LogP contribution in [0.25, 0.3) is 22.3 Å². The SMILES string of the molecule is CC1C=C(C(C)(C)C)C=[C]1[Zr+2](=[C]1CCCCC1)[CH]1c2cc3c(cc2-c2cc4c(cc21)C(C)(C)C=C4C(C)(C)C)C(C(C)(C)C)=CC3(C)C.[Cl-].[Cl-]. The number of hydrogen-bond donors (Lipinski definition) is 0. The van der Waals surface area contributed by atoms with Gasteiger partial charge in [-0.2, -0.15) is 0 Å². The molecule has 3 heteroatoms. The van der Waals surface area contributed by atoms with Crippen molar-refractivity contribution < 1.29 is 46.1 Å². The second-order valence-corrected chi connectivity index (χ2v) is 26.9. The van der Waals surface area contributed by atoms with Gasteiger partial charge < -0.3 is 24.8 Å². The molecule has 0 heterocycles. The summed E-state index contributed by atoms with van der Waals surface area (Å²) in [6, 6.07) is 10.9. The fourth-order valence-corrected chi connectivity index (χ4v) is 19.7. The number of halogens is 2. The van der Waals surface area contributed by atoms with Gasteiger partial charge in [-0.3, -0.25) is 0 Å². The van der Waals surface area contributed by atoms with Crippen LogP contribution in [0.1, 0.15) is 166 Å². The normalized spacial score (nSPS) is 21.8. The fraction of sp³-hybridized carbons (Fsp3) is 0.553. The van der Waals surface area contributed by atoms with Crippen LogP contribution in [0.4, 0.5) is 0 Å². The van der Waals surface area contributed by atoms with Gasteiger partial charge in [-0.25, -0.2) is 0 Å². The molecule has 1 fully saturated rings. The molecule has 5 aliphatic rings. The number of fused-ring (bicyclic) bond motifs is 5. The number of allylic oxidation sites excluding steroid dienone is 8. The zero-order valence-electron chi connectivity index (χ0n) is 33.6. The Bertz CT molecular complexity index is 1790. The smallest absolute Gasteiger partial charge is 1.00 e. The summed E-state index contributed by atoms with van der Waals surface area (Å²) in [6.45, 7) is 34.0. The van der Waals surface area contributed by atoms with Crippen LogP contribution >= 0.6 is 0 Å². The first kappa shape index (κ1) is 39.9. The molecule has 1 atom stereocenters. The fourth-order valence-electron chi connectivity index (χ4n) is 9.76. The first-order valence-corrected chi connectivity index (χ1v) is 23.0. The molecule has 0 aromatic heterocycles. The van der Waals surface area contributed by atoms with Crippen molar-refractivity contribution in [1.82, 2.24) is 0 Å². The molecular weight excluding hydrogens is 727 g/mol. The molecule has 0 N–H and O–H groups in total. The molecule has 1 saturated carbocycles. The van der Waals surface area contributed by atoms with E-state index in [2.05, 4.69) is 146 Å². The quantitative estimate of drug-likeness (QED) is 0.297. The molecule has 2 aromatic carbocycles. The summed E-state index contributed by atoms with van der Waals surface area (Å²) in [6.07, 6.45) is 17.5. The third-order valence-electron chi connectivity index (χ3n) is 12.4. The van der Waals surface area contributed by atoms with E-state index in [4.69, 9.17) is 0 Å². The Kier molecular flexibility index (Phi) is 10.3. The van der Waals surface area contributed by atoms with Crippen molar-refractivity contribution in [3.05, 3.63) is 90.8 Å². The maximum absolute atomic E-state index is 2.75. The summed E-state index contributed by atoms with van der Waals surface area (Å²) in [4.78, 5) is 0. The van der Waals surface area contributed by atoms with Crippen LogP contribution in [0.15, 0.2) is 57.4 Å². The Balaban J connectivity index is 0.00000243. The Labute approximate surface area is 325 Å². The third-order valence-corrected chi connectivity index (χ3v) is 21.5. The van der Waals surface area contributed by atoms with Gasteiger partial charge in [0, 0.05) is 0 Å². The van der Waals surface area contributed by atoms with E-state index in [1.54, 1.807) is 39.0 Å². The van der Waals surface area contributed by atoms with Crippen molar-refractivity contribution in [2.45, 2.75) is 143 Å². The summed E-state index contributed by atoms with van der Waals surface area (Å²) in [5.41, 5.74) is 17.7. The zero-order chi connectivity index (χ0) is 34.9. The Hall–Kier alpha value is -1.27. The van der Waals surface area contributed by atoms with Gasteiger partial charge >= 0.3 is 303 Å². The second kappa shape index (κ2) is 12.9. The summed E-state index contributed by atoms with van der Waals surface area (Å²) < 4.78 is 4.42. The van der Waals surface area contributed by atoms with Crippen molar-refractivity contribution in [1.29, 1.82) is 0 Å². The molecule has 0 saturated heterocycles. The summed E-state index contributed by atoms with van der Waals surface area (Å²) in [5, 5.41) is 0. The van der Waals surface area contributed by atoms with Gasteiger partial charge in [-0.1, -0.05) is 0 Å². The van der Waals surface area contributed by atoms with Crippen LogP contribution in [-0.2, 0) is 32.1 Å². The largest absolute Gasteiger partial charge is 1.00 e. The Morgan fingerprint density at radius 3 is 1.42 bits per heavy atom. The molecule has 50 heavy (non-hydrogen) atoms. The van der Waals surface area contributed by atoms with Crippen molar-refractivity contribution >= 4 is 14.4 Å². The molecule has 0 aliphatic heterocycles. The standard InChI is InChI=1S/C31H37.C10H15.C6H10.2ClH.Zr/c1-28(2,3)26-16-30(7,8)24-12-18-11-19-13-25-23(15-21(19)20(18)14-22(24)26)27(29(4,5)6)17-31(25,9)10;1-8-5-6-9(7-8)10(2,3)4;1-2-4-6-5-3-1;;;/h11-17H,1-10H3;6-8H,1-4H3;1-5H2;2*1H;/q;;;;;+2/p-2. The van der Waals surface area contributed by atoms with Crippen LogP contribution in [0.5, 0.6) is 0 Å². The van der Waals surface area contributed by atoms with Crippen molar-refractivity contribution in [2.24, 2.45) is 22.2 Å². The summed E-state index contributed by atoms with van der Waals surface area (Å²) >= 11 is -2.46. The van der Waals surface area contributed by atoms with E-state index in [1.165, 1.54) is 54.4 Å². The number of benzene rings is 2. The monoisotopic (exact) mass is 786 g/mol. The maximum Gasteiger partial charge on any atom is -1.00 e. The summed E-state index contributed by atoms with van der Waals surface area (Å²) in [7, 11) is 0. The van der Waals surface area contributed by atoms with Crippen LogP contribution in [0.2, 0.25) is 0 Å². The molecule has 0 bridgehead atoms. The zero-order valence-corrected chi connectivity index (χ0v) is 37.5. The summed E-state index contributed by atoms with van der Waals surface area (Å²) in [5.74, 6) is 0.551. The molecule has 0 nitrogen and oxygen atoms in total. The van der Waals surface area contributed by atoms with E-state index in [-0.39, 0.29) is 51.9 Å². The van der Waals surface area contributed by atoms with Crippen molar-refractivity contribution in [3.8, 4) is 11.1 Å². The van der Waals surface area contributed by atoms with Crippen LogP contribution < -0.4 is 24.8 Å². The van der Waals surface area contributed by atoms with E-state index in [0.717, 1.165) is 0 Å². The Morgan fingerprint density at radius 2 is 1.04 bits per heavy atom. The average molecular weight is 789 g/mol. The first-order valence-electron chi connectivity index (χ1n) is 19.1. The molecule has 2 aromatic rings. The van der Waals surface area contributed by atoms with Gasteiger partial charge in [0.1, 0.15) is 0 Å². The van der Waals surface area contributed by atoms with Crippen LogP contribution in [0.3, 0.4) is 0 Å². The van der Waals surface area contributed by atoms with Crippen LogP contribution in [0, 0.1) is 22.2 Å². The number of rotatable bonds is 2. The van der Waals surface area contributed by atoms with E-state index < -0.39 is 21.3 Å². The molecular formula is C47H62Cl2Zr. The predicted molar refractivity (Wildman–Crippen MR) is 208 cm³/mol. The minimum Gasteiger partial charge on any atom is -1.00 e. The van der Waals surface area contributed by atoms with Gasteiger partial charge in [-0.05, 0) is 0 Å². The second-order valence-electron chi connectivity index (χ2n) is 20.3. The molecule has 5 aliphatic carbocycles. The van der Waals surface area contributed by atoms with Gasteiger partial charge in [0.25, 0.3) is 0 Å². The van der Waals surface area contributed by atoms with E-state index in [9.17, 15) is 0 Å². The molecule has 7 rings (SSSR count). The maximum atomic E-state index is 2.75. The van der Waals surface area contributed by atoms with Gasteiger partial charge in [0.05, 0.1) is 0 Å². The molecule has 0 spiro atoms. The Morgan fingerprint density at radius 1 is 0.600 bits per heavy atom. The van der Waals surface area contributed by atoms with E-state index in [1.807, 2.05) is 6.49 Å². The van der Waals surface area contributed by atoms with E-state index >= 15 is 0 Å². The minimum atomic E-state index is -2.46. The minimum absolute atomic E-state index is 0. The van der Waals surface area contributed by atoms with Gasteiger partial charge in [-0.15, -0.1) is 0 Å². The van der Waals surface area contributed by atoms with Crippen molar-refractivity contribution in [3.63, 3.8) is 0 Å². The molecule has 1 unspecified atom stereocenters. The predicted octanol–water partition coefficient (Wildman–Crippen LogP) is 7.47.